The maximum Gasteiger partial charge on any atom is 0.321 e. The van der Waals surface area contributed by atoms with Gasteiger partial charge in [0.1, 0.15) is 5.75 Å². The van der Waals surface area contributed by atoms with Gasteiger partial charge in [0.2, 0.25) is 0 Å². The summed E-state index contributed by atoms with van der Waals surface area (Å²) < 4.78 is 5.51. The van der Waals surface area contributed by atoms with Gasteiger partial charge in [0, 0.05) is 58.0 Å². The van der Waals surface area contributed by atoms with Crippen LogP contribution in [0.4, 0.5) is 16.2 Å². The molecule has 0 bridgehead atoms. The molecule has 2 heterocycles. The van der Waals surface area contributed by atoms with Gasteiger partial charge in [0.25, 0.3) is 0 Å². The fourth-order valence-electron chi connectivity index (χ4n) is 3.07. The number of amides is 2. The van der Waals surface area contributed by atoms with Crippen molar-refractivity contribution in [1.82, 2.24) is 15.1 Å². The lowest BCUT2D eigenvalue weighted by atomic mass is 10.2. The number of benzene rings is 1. The van der Waals surface area contributed by atoms with Gasteiger partial charge in [-0.1, -0.05) is 0 Å². The number of ether oxygens (including phenoxy) is 1. The predicted molar refractivity (Wildman–Crippen MR) is 95.2 cm³/mol. The molecule has 2 amide bonds. The monoisotopic (exact) mass is 332 g/mol. The highest BCUT2D eigenvalue weighted by Crippen LogP contribution is 2.32. The molecule has 2 aliphatic heterocycles. The van der Waals surface area contributed by atoms with Crippen LogP contribution in [0.15, 0.2) is 18.2 Å². The number of anilines is 2. The average Bonchev–Trinajstić information content (AvgIpc) is 2.63. The zero-order chi connectivity index (χ0) is 16.9. The average molecular weight is 332 g/mol. The fraction of sp³-hybridized carbons (Fsp3) is 0.588. The molecule has 131 valence electrons. The van der Waals surface area contributed by atoms with E-state index in [0.29, 0.717) is 13.1 Å². The molecule has 1 aromatic carbocycles. The number of likely N-dealkylation sites (N-methyl/N-ethyl adjacent to an activating group) is 1. The normalized spacial score (nSPS) is 19.2. The Bertz CT molecular complexity index is 566. The Morgan fingerprint density at radius 2 is 1.83 bits per heavy atom. The molecule has 0 spiro atoms. The molecule has 1 radical (unpaired) electrons. The van der Waals surface area contributed by atoms with Crippen molar-refractivity contribution in [2.24, 2.45) is 0 Å². The summed E-state index contributed by atoms with van der Waals surface area (Å²) in [5, 5.41) is 7.28. The highest BCUT2D eigenvalue weighted by molar-refractivity contribution is 5.90. The summed E-state index contributed by atoms with van der Waals surface area (Å²) in [4.78, 5) is 18.8. The molecule has 0 saturated carbocycles. The van der Waals surface area contributed by atoms with Gasteiger partial charge in [0.05, 0.1) is 12.8 Å². The van der Waals surface area contributed by atoms with Crippen LogP contribution in [0.2, 0.25) is 0 Å². The SMILES string of the molecule is COc1ccc(NC(=O)N2CC[N]CC2)cc1N1CCN(C)CC1. The van der Waals surface area contributed by atoms with Gasteiger partial charge in [0.15, 0.2) is 0 Å². The molecule has 1 N–H and O–H groups in total. The van der Waals surface area contributed by atoms with E-state index in [1.54, 1.807) is 7.11 Å². The second kappa shape index (κ2) is 7.72. The van der Waals surface area contributed by atoms with Crippen LogP contribution in [0.1, 0.15) is 0 Å². The van der Waals surface area contributed by atoms with E-state index >= 15 is 0 Å². The van der Waals surface area contributed by atoms with Crippen molar-refractivity contribution < 1.29 is 9.53 Å². The van der Waals surface area contributed by atoms with Crippen LogP contribution in [0.5, 0.6) is 5.75 Å². The number of carbonyl (C=O) groups is 1. The van der Waals surface area contributed by atoms with E-state index in [0.717, 1.165) is 56.4 Å². The minimum Gasteiger partial charge on any atom is -0.495 e. The number of hydrogen-bond donors (Lipinski definition) is 1. The van der Waals surface area contributed by atoms with Crippen molar-refractivity contribution >= 4 is 17.4 Å². The predicted octanol–water partition coefficient (Wildman–Crippen LogP) is 0.899. The third-order valence-corrected chi connectivity index (χ3v) is 4.62. The van der Waals surface area contributed by atoms with Gasteiger partial charge < -0.3 is 24.8 Å². The van der Waals surface area contributed by atoms with Crippen LogP contribution in [0.25, 0.3) is 0 Å². The summed E-state index contributed by atoms with van der Waals surface area (Å²) in [6.07, 6.45) is 0. The van der Waals surface area contributed by atoms with Crippen molar-refractivity contribution in [1.29, 1.82) is 0 Å². The lowest BCUT2D eigenvalue weighted by Gasteiger charge is -2.35. The van der Waals surface area contributed by atoms with Crippen LogP contribution in [-0.2, 0) is 0 Å². The van der Waals surface area contributed by atoms with Crippen LogP contribution in [0.3, 0.4) is 0 Å². The summed E-state index contributed by atoms with van der Waals surface area (Å²) in [6.45, 7) is 6.79. The van der Waals surface area contributed by atoms with Crippen molar-refractivity contribution in [2.75, 3.05) is 76.7 Å². The van der Waals surface area contributed by atoms with Gasteiger partial charge in [-0.15, -0.1) is 0 Å². The Labute approximate surface area is 143 Å². The molecule has 2 saturated heterocycles. The largest absolute Gasteiger partial charge is 0.495 e. The van der Waals surface area contributed by atoms with E-state index in [1.165, 1.54) is 0 Å². The third kappa shape index (κ3) is 3.91. The zero-order valence-electron chi connectivity index (χ0n) is 14.5. The minimum atomic E-state index is -0.0561. The first-order valence-electron chi connectivity index (χ1n) is 8.48. The van der Waals surface area contributed by atoms with Crippen molar-refractivity contribution in [3.63, 3.8) is 0 Å². The number of carbonyl (C=O) groups excluding carboxylic acids is 1. The van der Waals surface area contributed by atoms with Crippen LogP contribution in [0, 0.1) is 0 Å². The second-order valence-corrected chi connectivity index (χ2v) is 6.26. The van der Waals surface area contributed by atoms with E-state index in [1.807, 2.05) is 23.1 Å². The number of nitrogens with zero attached hydrogens (tertiary/aromatic N) is 4. The van der Waals surface area contributed by atoms with Gasteiger partial charge in [-0.25, -0.2) is 10.1 Å². The molecule has 2 aliphatic rings. The van der Waals surface area contributed by atoms with E-state index in [4.69, 9.17) is 4.74 Å². The van der Waals surface area contributed by atoms with E-state index in [9.17, 15) is 4.79 Å². The Morgan fingerprint density at radius 1 is 1.12 bits per heavy atom. The number of piperazine rings is 2. The van der Waals surface area contributed by atoms with E-state index < -0.39 is 0 Å². The standard InChI is InChI=1S/C17H26N5O2/c1-20-9-11-21(12-10-20)15-13-14(3-4-16(15)24-2)19-17(23)22-7-5-18-6-8-22/h3-4,13H,5-12H2,1-2H3,(H,19,23). The van der Waals surface area contributed by atoms with Gasteiger partial charge in [-0.2, -0.15) is 0 Å². The summed E-state index contributed by atoms with van der Waals surface area (Å²) in [7, 11) is 3.82. The lowest BCUT2D eigenvalue weighted by molar-refractivity contribution is 0.203. The number of urea groups is 1. The molecule has 0 unspecified atom stereocenters. The summed E-state index contributed by atoms with van der Waals surface area (Å²) in [5.74, 6) is 0.842. The first kappa shape index (κ1) is 16.9. The van der Waals surface area contributed by atoms with Gasteiger partial charge in [-0.3, -0.25) is 0 Å². The summed E-state index contributed by atoms with van der Waals surface area (Å²) in [5.41, 5.74) is 1.84. The molecular formula is C17H26N5O2. The van der Waals surface area contributed by atoms with Gasteiger partial charge >= 0.3 is 6.03 Å². The topological polar surface area (TPSA) is 62.2 Å². The quantitative estimate of drug-likeness (QED) is 0.893. The molecule has 0 aromatic heterocycles. The molecule has 0 aliphatic carbocycles. The summed E-state index contributed by atoms with van der Waals surface area (Å²) in [6, 6.07) is 5.77. The molecule has 7 heteroatoms. The van der Waals surface area contributed by atoms with E-state index in [2.05, 4.69) is 27.5 Å². The lowest BCUT2D eigenvalue weighted by Crippen LogP contribution is -2.45. The van der Waals surface area contributed by atoms with Crippen LogP contribution in [-0.4, -0.2) is 82.3 Å². The van der Waals surface area contributed by atoms with Crippen LogP contribution < -0.4 is 20.3 Å². The zero-order valence-corrected chi connectivity index (χ0v) is 14.5. The molecule has 3 rings (SSSR count). The molecule has 2 fully saturated rings. The van der Waals surface area contributed by atoms with Crippen LogP contribution >= 0.6 is 0 Å². The Morgan fingerprint density at radius 3 is 2.50 bits per heavy atom. The fourth-order valence-corrected chi connectivity index (χ4v) is 3.07. The Kier molecular flexibility index (Phi) is 5.42. The Hall–Kier alpha value is -1.99. The van der Waals surface area contributed by atoms with E-state index in [-0.39, 0.29) is 6.03 Å². The molecule has 1 aromatic rings. The minimum absolute atomic E-state index is 0.0561. The smallest absolute Gasteiger partial charge is 0.321 e. The third-order valence-electron chi connectivity index (χ3n) is 4.62. The first-order chi connectivity index (χ1) is 11.7. The second-order valence-electron chi connectivity index (χ2n) is 6.26. The first-order valence-corrected chi connectivity index (χ1v) is 8.48. The highest BCUT2D eigenvalue weighted by atomic mass is 16.5. The number of methoxy groups -OCH3 is 1. The molecule has 7 nitrogen and oxygen atoms in total. The molecular weight excluding hydrogens is 306 g/mol. The van der Waals surface area contributed by atoms with Crippen molar-refractivity contribution in [3.8, 4) is 5.75 Å². The molecule has 0 atom stereocenters. The van der Waals surface area contributed by atoms with Gasteiger partial charge in [-0.05, 0) is 25.2 Å². The van der Waals surface area contributed by atoms with Crippen molar-refractivity contribution in [2.45, 2.75) is 0 Å². The Balaban J connectivity index is 1.72. The maximum atomic E-state index is 12.4. The number of nitrogens with one attached hydrogen (secondary N) is 1. The number of hydrogen-bond acceptors (Lipinski definition) is 4. The number of rotatable bonds is 3. The maximum absolute atomic E-state index is 12.4. The molecule has 24 heavy (non-hydrogen) atoms. The summed E-state index contributed by atoms with van der Waals surface area (Å²) >= 11 is 0. The van der Waals surface area contributed by atoms with Crippen molar-refractivity contribution in [3.05, 3.63) is 18.2 Å². The highest BCUT2D eigenvalue weighted by Gasteiger charge is 2.20.